The van der Waals surface area contributed by atoms with Gasteiger partial charge in [-0.1, -0.05) is 36.7 Å². The number of guanidine groups is 1. The van der Waals surface area contributed by atoms with Crippen molar-refractivity contribution in [3.8, 4) is 0 Å². The molecule has 0 radical (unpaired) electrons. The molecule has 2 rings (SSSR count). The number of nitrogens with one attached hydrogen (secondary N) is 2. The molecular weight excluding hydrogens is 439 g/mol. The fraction of sp³-hybridized carbons (Fsp3) is 0.588. The van der Waals surface area contributed by atoms with E-state index in [1.807, 2.05) is 24.3 Å². The number of ether oxygens (including phenoxy) is 1. The van der Waals surface area contributed by atoms with E-state index in [-0.39, 0.29) is 24.0 Å². The molecule has 0 aromatic heterocycles. The minimum Gasteiger partial charge on any atom is -0.379 e. The van der Waals surface area contributed by atoms with Crippen LogP contribution in [0.2, 0.25) is 5.02 Å². The Kier molecular flexibility index (Phi) is 10.6. The van der Waals surface area contributed by atoms with Gasteiger partial charge in [-0.15, -0.1) is 24.0 Å². The number of rotatable bonds is 6. The molecule has 5 nitrogen and oxygen atoms in total. The van der Waals surface area contributed by atoms with Crippen LogP contribution in [0.25, 0.3) is 0 Å². The highest BCUT2D eigenvalue weighted by atomic mass is 127. The van der Waals surface area contributed by atoms with E-state index >= 15 is 0 Å². The van der Waals surface area contributed by atoms with Gasteiger partial charge in [0.2, 0.25) is 0 Å². The minimum absolute atomic E-state index is 0. The quantitative estimate of drug-likeness (QED) is 0.384. The van der Waals surface area contributed by atoms with Crippen LogP contribution in [0.15, 0.2) is 29.3 Å². The van der Waals surface area contributed by atoms with Crippen molar-refractivity contribution >= 4 is 41.5 Å². The minimum atomic E-state index is 0. The van der Waals surface area contributed by atoms with Crippen molar-refractivity contribution in [1.29, 1.82) is 0 Å². The summed E-state index contributed by atoms with van der Waals surface area (Å²) in [6.45, 7) is 8.65. The van der Waals surface area contributed by atoms with Gasteiger partial charge in [0.15, 0.2) is 5.96 Å². The second kappa shape index (κ2) is 11.9. The van der Waals surface area contributed by atoms with Gasteiger partial charge in [0.05, 0.1) is 13.2 Å². The van der Waals surface area contributed by atoms with Gasteiger partial charge < -0.3 is 15.4 Å². The van der Waals surface area contributed by atoms with E-state index in [1.165, 1.54) is 0 Å². The summed E-state index contributed by atoms with van der Waals surface area (Å²) >= 11 is 6.17. The number of hydrogen-bond acceptors (Lipinski definition) is 3. The third-order valence-corrected chi connectivity index (χ3v) is 4.29. The molecule has 1 fully saturated rings. The van der Waals surface area contributed by atoms with E-state index in [0.29, 0.717) is 12.5 Å². The molecule has 136 valence electrons. The van der Waals surface area contributed by atoms with Crippen LogP contribution in [0, 0.1) is 5.92 Å². The maximum Gasteiger partial charge on any atom is 0.191 e. The third kappa shape index (κ3) is 7.55. The van der Waals surface area contributed by atoms with E-state index in [1.54, 1.807) is 7.05 Å². The molecule has 0 aliphatic carbocycles. The second-order valence-corrected chi connectivity index (χ2v) is 6.32. The molecule has 1 aliphatic rings. The van der Waals surface area contributed by atoms with Crippen LogP contribution in [0.3, 0.4) is 0 Å². The van der Waals surface area contributed by atoms with Crippen molar-refractivity contribution in [2.45, 2.75) is 13.5 Å². The molecule has 1 aromatic carbocycles. The summed E-state index contributed by atoms with van der Waals surface area (Å²) < 4.78 is 5.38. The van der Waals surface area contributed by atoms with Gasteiger partial charge in [-0.2, -0.15) is 0 Å². The van der Waals surface area contributed by atoms with Crippen molar-refractivity contribution in [3.05, 3.63) is 34.9 Å². The van der Waals surface area contributed by atoms with E-state index in [2.05, 4.69) is 27.4 Å². The van der Waals surface area contributed by atoms with E-state index in [9.17, 15) is 0 Å². The molecule has 1 heterocycles. The number of halogens is 2. The predicted molar refractivity (Wildman–Crippen MR) is 111 cm³/mol. The van der Waals surface area contributed by atoms with Crippen LogP contribution in [0.5, 0.6) is 0 Å². The molecule has 1 aromatic rings. The Labute approximate surface area is 167 Å². The van der Waals surface area contributed by atoms with Crippen molar-refractivity contribution in [2.75, 3.05) is 46.4 Å². The van der Waals surface area contributed by atoms with Gasteiger partial charge in [0.1, 0.15) is 0 Å². The van der Waals surface area contributed by atoms with Gasteiger partial charge in [-0.3, -0.25) is 9.89 Å². The average molecular weight is 467 g/mol. The highest BCUT2D eigenvalue weighted by Crippen LogP contribution is 2.14. The topological polar surface area (TPSA) is 48.9 Å². The summed E-state index contributed by atoms with van der Waals surface area (Å²) in [7, 11) is 1.79. The molecule has 0 amide bonds. The van der Waals surface area contributed by atoms with E-state index in [4.69, 9.17) is 16.3 Å². The maximum absolute atomic E-state index is 6.17. The number of morpholine rings is 1. The number of benzene rings is 1. The monoisotopic (exact) mass is 466 g/mol. The molecule has 1 saturated heterocycles. The Bertz CT molecular complexity index is 509. The largest absolute Gasteiger partial charge is 0.379 e. The van der Waals surface area contributed by atoms with Gasteiger partial charge >= 0.3 is 0 Å². The van der Waals surface area contributed by atoms with Gasteiger partial charge in [0.25, 0.3) is 0 Å². The zero-order valence-electron chi connectivity index (χ0n) is 14.4. The molecular formula is C17H28ClIN4O. The normalized spacial score (nSPS) is 17.0. The van der Waals surface area contributed by atoms with Crippen LogP contribution in [-0.4, -0.2) is 57.3 Å². The zero-order chi connectivity index (χ0) is 16.5. The first kappa shape index (κ1) is 21.5. The Morgan fingerprint density at radius 3 is 2.67 bits per heavy atom. The molecule has 7 heteroatoms. The van der Waals surface area contributed by atoms with Crippen LogP contribution >= 0.6 is 35.6 Å². The standard InChI is InChI=1S/C17H27ClN4O.HI/c1-14(13-22-7-9-23-10-8-22)11-20-17(19-2)21-12-15-5-3-4-6-16(15)18;/h3-6,14H,7-13H2,1-2H3,(H2,19,20,21);1H. The molecule has 2 N–H and O–H groups in total. The summed E-state index contributed by atoms with van der Waals surface area (Å²) in [4.78, 5) is 6.72. The van der Waals surface area contributed by atoms with Gasteiger partial charge in [-0.05, 0) is 17.5 Å². The molecule has 0 saturated carbocycles. The summed E-state index contributed by atoms with van der Waals surface area (Å²) in [5.74, 6) is 1.35. The number of hydrogen-bond donors (Lipinski definition) is 2. The fourth-order valence-electron chi connectivity index (χ4n) is 2.60. The van der Waals surface area contributed by atoms with Crippen LogP contribution in [0.1, 0.15) is 12.5 Å². The van der Waals surface area contributed by atoms with Crippen LogP contribution in [-0.2, 0) is 11.3 Å². The first-order chi connectivity index (χ1) is 11.2. The third-order valence-electron chi connectivity index (χ3n) is 3.92. The lowest BCUT2D eigenvalue weighted by Crippen LogP contribution is -2.43. The molecule has 0 bridgehead atoms. The van der Waals surface area contributed by atoms with Crippen LogP contribution in [0.4, 0.5) is 0 Å². The maximum atomic E-state index is 6.17. The predicted octanol–water partition coefficient (Wildman–Crippen LogP) is 2.59. The Morgan fingerprint density at radius 1 is 1.29 bits per heavy atom. The van der Waals surface area contributed by atoms with Gasteiger partial charge in [-0.25, -0.2) is 0 Å². The van der Waals surface area contributed by atoms with Crippen molar-refractivity contribution in [1.82, 2.24) is 15.5 Å². The summed E-state index contributed by atoms with van der Waals surface area (Å²) in [5.41, 5.74) is 1.07. The smallest absolute Gasteiger partial charge is 0.191 e. The summed E-state index contributed by atoms with van der Waals surface area (Å²) in [6, 6.07) is 7.85. The van der Waals surface area contributed by atoms with Crippen molar-refractivity contribution < 1.29 is 4.74 Å². The summed E-state index contributed by atoms with van der Waals surface area (Å²) in [6.07, 6.45) is 0. The van der Waals surface area contributed by atoms with Crippen LogP contribution < -0.4 is 10.6 Å². The van der Waals surface area contributed by atoms with E-state index in [0.717, 1.165) is 55.9 Å². The number of aliphatic imine (C=N–C) groups is 1. The summed E-state index contributed by atoms with van der Waals surface area (Å²) in [5, 5.41) is 7.47. The van der Waals surface area contributed by atoms with Crippen molar-refractivity contribution in [3.63, 3.8) is 0 Å². The van der Waals surface area contributed by atoms with E-state index < -0.39 is 0 Å². The highest BCUT2D eigenvalue weighted by Gasteiger charge is 2.14. The van der Waals surface area contributed by atoms with Gasteiger partial charge in [0, 0.05) is 44.8 Å². The zero-order valence-corrected chi connectivity index (χ0v) is 17.5. The Balaban J connectivity index is 0.00000288. The molecule has 1 atom stereocenters. The first-order valence-corrected chi connectivity index (χ1v) is 8.55. The Hall–Kier alpha value is -0.570. The molecule has 1 unspecified atom stereocenters. The molecule has 0 spiro atoms. The SMILES string of the molecule is CN=C(NCc1ccccc1Cl)NCC(C)CN1CCOCC1.I. The van der Waals surface area contributed by atoms with Crippen molar-refractivity contribution in [2.24, 2.45) is 10.9 Å². The average Bonchev–Trinajstić information content (AvgIpc) is 2.57. The lowest BCUT2D eigenvalue weighted by molar-refractivity contribution is 0.0320. The Morgan fingerprint density at radius 2 is 2.00 bits per heavy atom. The first-order valence-electron chi connectivity index (χ1n) is 8.17. The number of nitrogens with zero attached hydrogens (tertiary/aromatic N) is 2. The highest BCUT2D eigenvalue weighted by molar-refractivity contribution is 14.0. The fourth-order valence-corrected chi connectivity index (χ4v) is 2.80. The molecule has 24 heavy (non-hydrogen) atoms. The lowest BCUT2D eigenvalue weighted by atomic mass is 10.1. The lowest BCUT2D eigenvalue weighted by Gasteiger charge is -2.29. The second-order valence-electron chi connectivity index (χ2n) is 5.92. The molecule has 1 aliphatic heterocycles.